The molecule has 0 saturated carbocycles. The van der Waals surface area contributed by atoms with Gasteiger partial charge in [0.05, 0.1) is 0 Å². The molecule has 11 aromatic rings. The van der Waals surface area contributed by atoms with Crippen molar-refractivity contribution in [2.75, 3.05) is 9.80 Å². The highest BCUT2D eigenvalue weighted by atomic mass is 15.2. The van der Waals surface area contributed by atoms with Crippen LogP contribution in [0.25, 0.3) is 65.3 Å². The molecule has 2 heteroatoms. The normalized spacial score (nSPS) is 11.3. The predicted molar refractivity (Wildman–Crippen MR) is 257 cm³/mol. The first-order chi connectivity index (χ1) is 29.8. The van der Waals surface area contributed by atoms with Gasteiger partial charge in [-0.25, -0.2) is 0 Å². The van der Waals surface area contributed by atoms with Gasteiger partial charge in [-0.1, -0.05) is 170 Å². The topological polar surface area (TPSA) is 6.48 Å². The lowest BCUT2D eigenvalue weighted by Gasteiger charge is -2.29. The van der Waals surface area contributed by atoms with Gasteiger partial charge in [0.1, 0.15) is 0 Å². The molecule has 0 bridgehead atoms. The maximum atomic E-state index is 2.43. The fraction of sp³-hybridized carbons (Fsp3) is 0. The summed E-state index contributed by atoms with van der Waals surface area (Å²) >= 11 is 0. The standard InChI is InChI=1S/C58H40N2/c1-4-22-43(23-5-1)59(44-24-6-2-7-25-44)46-34-36-47(37-35-46)60(45-26-8-3-9-27-45)48-38-39-55-56(40-48)58(52-33-17-21-42-19-11-13-29-50(42)52)54-31-15-14-30-53(54)57(55)51-32-16-20-41-18-10-12-28-49(41)51/h1-40H. The highest BCUT2D eigenvalue weighted by molar-refractivity contribution is 6.25. The van der Waals surface area contributed by atoms with Gasteiger partial charge < -0.3 is 9.80 Å². The summed E-state index contributed by atoms with van der Waals surface area (Å²) in [5.74, 6) is 0. The first kappa shape index (κ1) is 35.2. The Morgan fingerprint density at radius 2 is 0.517 bits per heavy atom. The summed E-state index contributed by atoms with van der Waals surface area (Å²) < 4.78 is 0. The van der Waals surface area contributed by atoms with Crippen molar-refractivity contribution in [2.45, 2.75) is 0 Å². The number of para-hydroxylation sites is 3. The molecule has 0 aliphatic rings. The number of hydrogen-bond donors (Lipinski definition) is 0. The van der Waals surface area contributed by atoms with Gasteiger partial charge in [-0.05, 0) is 138 Å². The Morgan fingerprint density at radius 3 is 0.983 bits per heavy atom. The van der Waals surface area contributed by atoms with Gasteiger partial charge in [0.25, 0.3) is 0 Å². The fourth-order valence-electron chi connectivity index (χ4n) is 9.15. The number of nitrogens with zero attached hydrogens (tertiary/aromatic N) is 2. The fourth-order valence-corrected chi connectivity index (χ4v) is 9.15. The van der Waals surface area contributed by atoms with E-state index in [-0.39, 0.29) is 0 Å². The lowest BCUT2D eigenvalue weighted by molar-refractivity contribution is 1.26. The van der Waals surface area contributed by atoms with Gasteiger partial charge in [0, 0.05) is 34.1 Å². The molecule has 0 aliphatic carbocycles. The van der Waals surface area contributed by atoms with E-state index in [0.717, 1.165) is 34.1 Å². The largest absolute Gasteiger partial charge is 0.311 e. The van der Waals surface area contributed by atoms with Crippen LogP contribution >= 0.6 is 0 Å². The minimum atomic E-state index is 1.08. The van der Waals surface area contributed by atoms with Crippen molar-refractivity contribution in [1.29, 1.82) is 0 Å². The molecule has 0 aromatic heterocycles. The average molecular weight is 765 g/mol. The second-order valence-electron chi connectivity index (χ2n) is 15.3. The van der Waals surface area contributed by atoms with E-state index in [1.54, 1.807) is 0 Å². The van der Waals surface area contributed by atoms with Crippen LogP contribution in [0.2, 0.25) is 0 Å². The van der Waals surface area contributed by atoms with Crippen molar-refractivity contribution >= 4 is 77.2 Å². The van der Waals surface area contributed by atoms with E-state index in [9.17, 15) is 0 Å². The van der Waals surface area contributed by atoms with Crippen molar-refractivity contribution in [2.24, 2.45) is 0 Å². The number of rotatable bonds is 8. The molecule has 0 radical (unpaired) electrons. The Bertz CT molecular complexity index is 3250. The summed E-state index contributed by atoms with van der Waals surface area (Å²) in [5.41, 5.74) is 11.5. The van der Waals surface area contributed by atoms with Crippen LogP contribution in [-0.4, -0.2) is 0 Å². The number of anilines is 6. The van der Waals surface area contributed by atoms with E-state index < -0.39 is 0 Å². The molecule has 0 N–H and O–H groups in total. The van der Waals surface area contributed by atoms with Crippen LogP contribution in [0.15, 0.2) is 243 Å². The van der Waals surface area contributed by atoms with E-state index in [1.807, 2.05) is 0 Å². The number of fused-ring (bicyclic) bond motifs is 4. The molecular formula is C58H40N2. The van der Waals surface area contributed by atoms with Crippen molar-refractivity contribution in [3.63, 3.8) is 0 Å². The van der Waals surface area contributed by atoms with Gasteiger partial charge in [-0.15, -0.1) is 0 Å². The summed E-state index contributed by atoms with van der Waals surface area (Å²) in [5, 5.41) is 9.87. The van der Waals surface area contributed by atoms with Gasteiger partial charge in [-0.2, -0.15) is 0 Å². The van der Waals surface area contributed by atoms with Crippen LogP contribution in [0.1, 0.15) is 0 Å². The van der Waals surface area contributed by atoms with Crippen LogP contribution in [0.5, 0.6) is 0 Å². The van der Waals surface area contributed by atoms with Crippen LogP contribution in [0.4, 0.5) is 34.1 Å². The van der Waals surface area contributed by atoms with Crippen molar-refractivity contribution in [3.8, 4) is 22.3 Å². The van der Waals surface area contributed by atoms with E-state index in [1.165, 1.54) is 65.3 Å². The molecule has 0 aliphatic heterocycles. The number of benzene rings is 11. The zero-order valence-corrected chi connectivity index (χ0v) is 33.0. The first-order valence-corrected chi connectivity index (χ1v) is 20.6. The zero-order chi connectivity index (χ0) is 39.8. The molecular weight excluding hydrogens is 725 g/mol. The number of hydrogen-bond acceptors (Lipinski definition) is 2. The molecule has 0 fully saturated rings. The molecule has 2 nitrogen and oxygen atoms in total. The summed E-state index contributed by atoms with van der Waals surface area (Å²) in [6, 6.07) is 87.9. The molecule has 11 rings (SSSR count). The highest BCUT2D eigenvalue weighted by Gasteiger charge is 2.22. The quantitative estimate of drug-likeness (QED) is 0.142. The molecule has 282 valence electrons. The molecule has 0 saturated heterocycles. The van der Waals surface area contributed by atoms with E-state index in [4.69, 9.17) is 0 Å². The summed E-state index contributed by atoms with van der Waals surface area (Å²) in [6.45, 7) is 0. The van der Waals surface area contributed by atoms with Crippen molar-refractivity contribution < 1.29 is 0 Å². The summed E-state index contributed by atoms with van der Waals surface area (Å²) in [7, 11) is 0. The third-order valence-corrected chi connectivity index (χ3v) is 11.8. The molecule has 0 unspecified atom stereocenters. The molecule has 60 heavy (non-hydrogen) atoms. The van der Waals surface area contributed by atoms with Crippen LogP contribution < -0.4 is 9.80 Å². The SMILES string of the molecule is c1ccc(N(c2ccccc2)c2ccc(N(c3ccccc3)c3ccc4c(-c5cccc6ccccc56)c5ccccc5c(-c5cccc6ccccc56)c4c3)cc2)cc1. The second kappa shape index (κ2) is 15.1. The lowest BCUT2D eigenvalue weighted by atomic mass is 9.83. The summed E-state index contributed by atoms with van der Waals surface area (Å²) in [6.07, 6.45) is 0. The Hall–Kier alpha value is -7.94. The lowest BCUT2D eigenvalue weighted by Crippen LogP contribution is -2.12. The average Bonchev–Trinajstić information content (AvgIpc) is 3.32. The monoisotopic (exact) mass is 764 g/mol. The van der Waals surface area contributed by atoms with E-state index in [0.29, 0.717) is 0 Å². The Morgan fingerprint density at radius 1 is 0.200 bits per heavy atom. The Labute approximate surface area is 350 Å². The molecule has 11 aromatic carbocycles. The molecule has 0 spiro atoms. The second-order valence-corrected chi connectivity index (χ2v) is 15.3. The zero-order valence-electron chi connectivity index (χ0n) is 33.0. The maximum Gasteiger partial charge on any atom is 0.0468 e. The smallest absolute Gasteiger partial charge is 0.0468 e. The molecule has 0 amide bonds. The van der Waals surface area contributed by atoms with Gasteiger partial charge >= 0.3 is 0 Å². The molecule has 0 atom stereocenters. The van der Waals surface area contributed by atoms with Gasteiger partial charge in [0.2, 0.25) is 0 Å². The Kier molecular flexibility index (Phi) is 8.87. The third kappa shape index (κ3) is 6.14. The first-order valence-electron chi connectivity index (χ1n) is 20.6. The van der Waals surface area contributed by atoms with Crippen molar-refractivity contribution in [3.05, 3.63) is 243 Å². The Balaban J connectivity index is 1.17. The molecule has 0 heterocycles. The predicted octanol–water partition coefficient (Wildman–Crippen LogP) is 16.6. The van der Waals surface area contributed by atoms with Crippen LogP contribution in [-0.2, 0) is 0 Å². The minimum Gasteiger partial charge on any atom is -0.311 e. The van der Waals surface area contributed by atoms with Crippen LogP contribution in [0, 0.1) is 0 Å². The van der Waals surface area contributed by atoms with E-state index in [2.05, 4.69) is 252 Å². The van der Waals surface area contributed by atoms with Gasteiger partial charge in [0.15, 0.2) is 0 Å². The third-order valence-electron chi connectivity index (χ3n) is 11.8. The van der Waals surface area contributed by atoms with Crippen molar-refractivity contribution in [1.82, 2.24) is 0 Å². The minimum absolute atomic E-state index is 1.08. The van der Waals surface area contributed by atoms with Gasteiger partial charge in [-0.3, -0.25) is 0 Å². The highest BCUT2D eigenvalue weighted by Crippen LogP contribution is 2.49. The van der Waals surface area contributed by atoms with Crippen LogP contribution in [0.3, 0.4) is 0 Å². The summed E-state index contributed by atoms with van der Waals surface area (Å²) in [4.78, 5) is 4.70. The van der Waals surface area contributed by atoms with E-state index >= 15 is 0 Å². The maximum absolute atomic E-state index is 2.43.